The zero-order valence-corrected chi connectivity index (χ0v) is 13.4. The molecule has 0 aromatic heterocycles. The number of likely N-dealkylation sites (tertiary alicyclic amines) is 1. The number of hydrogen-bond donors (Lipinski definition) is 1. The van der Waals surface area contributed by atoms with E-state index < -0.39 is 5.60 Å². The standard InChI is InChI=1S/C18H27NO2/c1-4-15-6-8-16(9-7-15)17(20)14(2)19-12-5-10-18(3,21)11-13-19/h6-9,14,21H,4-5,10-13H2,1-3H3. The Labute approximate surface area is 128 Å². The Bertz CT molecular complexity index is 478. The molecule has 0 spiro atoms. The van der Waals surface area contributed by atoms with Gasteiger partial charge in [-0.25, -0.2) is 0 Å². The van der Waals surface area contributed by atoms with E-state index in [2.05, 4.69) is 11.8 Å². The van der Waals surface area contributed by atoms with Crippen LogP contribution in [0.4, 0.5) is 0 Å². The lowest BCUT2D eigenvalue weighted by Gasteiger charge is -2.27. The van der Waals surface area contributed by atoms with Crippen LogP contribution in [0.15, 0.2) is 24.3 Å². The van der Waals surface area contributed by atoms with Crippen LogP contribution in [0.2, 0.25) is 0 Å². The summed E-state index contributed by atoms with van der Waals surface area (Å²) < 4.78 is 0. The van der Waals surface area contributed by atoms with Gasteiger partial charge in [0, 0.05) is 12.1 Å². The molecule has 1 aromatic carbocycles. The van der Waals surface area contributed by atoms with Crippen LogP contribution in [0.1, 0.15) is 56.0 Å². The number of nitrogens with zero attached hydrogens (tertiary/aromatic N) is 1. The third-order valence-electron chi connectivity index (χ3n) is 4.67. The number of aliphatic hydroxyl groups is 1. The van der Waals surface area contributed by atoms with E-state index in [1.54, 1.807) is 0 Å². The Morgan fingerprint density at radius 3 is 2.57 bits per heavy atom. The molecule has 2 rings (SSSR count). The van der Waals surface area contributed by atoms with Crippen LogP contribution < -0.4 is 0 Å². The summed E-state index contributed by atoms with van der Waals surface area (Å²) in [4.78, 5) is 14.8. The molecule has 116 valence electrons. The maximum atomic E-state index is 12.6. The molecular weight excluding hydrogens is 262 g/mol. The van der Waals surface area contributed by atoms with Crippen molar-refractivity contribution in [3.05, 3.63) is 35.4 Å². The molecule has 3 heteroatoms. The summed E-state index contributed by atoms with van der Waals surface area (Å²) in [6.07, 6.45) is 3.49. The van der Waals surface area contributed by atoms with Gasteiger partial charge in [0.05, 0.1) is 11.6 Å². The number of aryl methyl sites for hydroxylation is 1. The maximum Gasteiger partial charge on any atom is 0.179 e. The molecular formula is C18H27NO2. The fraction of sp³-hybridized carbons (Fsp3) is 0.611. The SMILES string of the molecule is CCc1ccc(C(=O)C(C)N2CCCC(C)(O)CC2)cc1. The minimum absolute atomic E-state index is 0.119. The van der Waals surface area contributed by atoms with Crippen molar-refractivity contribution in [2.45, 2.75) is 58.1 Å². The Morgan fingerprint density at radius 2 is 1.95 bits per heavy atom. The third-order valence-corrected chi connectivity index (χ3v) is 4.67. The second kappa shape index (κ2) is 6.71. The van der Waals surface area contributed by atoms with Gasteiger partial charge in [-0.3, -0.25) is 9.69 Å². The molecule has 1 aliphatic rings. The fourth-order valence-corrected chi connectivity index (χ4v) is 2.98. The minimum Gasteiger partial charge on any atom is -0.390 e. The van der Waals surface area contributed by atoms with Crippen LogP contribution in [0.3, 0.4) is 0 Å². The first-order valence-corrected chi connectivity index (χ1v) is 8.02. The van der Waals surface area contributed by atoms with Gasteiger partial charge >= 0.3 is 0 Å². The predicted molar refractivity (Wildman–Crippen MR) is 85.7 cm³/mol. The molecule has 1 N–H and O–H groups in total. The lowest BCUT2D eigenvalue weighted by Crippen LogP contribution is -2.40. The van der Waals surface area contributed by atoms with Crippen molar-refractivity contribution in [2.24, 2.45) is 0 Å². The number of rotatable bonds is 4. The zero-order chi connectivity index (χ0) is 15.5. The van der Waals surface area contributed by atoms with Gasteiger partial charge in [0.25, 0.3) is 0 Å². The Kier molecular flexibility index (Phi) is 5.17. The smallest absolute Gasteiger partial charge is 0.179 e. The van der Waals surface area contributed by atoms with Gasteiger partial charge in [-0.2, -0.15) is 0 Å². The Morgan fingerprint density at radius 1 is 1.29 bits per heavy atom. The van der Waals surface area contributed by atoms with Crippen molar-refractivity contribution in [1.29, 1.82) is 0 Å². The van der Waals surface area contributed by atoms with Crippen LogP contribution in [0.25, 0.3) is 0 Å². The van der Waals surface area contributed by atoms with Crippen molar-refractivity contribution >= 4 is 5.78 Å². The summed E-state index contributed by atoms with van der Waals surface area (Å²) in [7, 11) is 0. The van der Waals surface area contributed by atoms with Crippen molar-refractivity contribution in [3.63, 3.8) is 0 Å². The molecule has 0 radical (unpaired) electrons. The topological polar surface area (TPSA) is 40.5 Å². The maximum absolute atomic E-state index is 12.6. The molecule has 0 amide bonds. The second-order valence-corrected chi connectivity index (χ2v) is 6.48. The van der Waals surface area contributed by atoms with E-state index in [0.29, 0.717) is 0 Å². The zero-order valence-electron chi connectivity index (χ0n) is 13.4. The van der Waals surface area contributed by atoms with Gasteiger partial charge in [-0.15, -0.1) is 0 Å². The highest BCUT2D eigenvalue weighted by Gasteiger charge is 2.29. The van der Waals surface area contributed by atoms with Gasteiger partial charge in [0.15, 0.2) is 5.78 Å². The lowest BCUT2D eigenvalue weighted by molar-refractivity contribution is 0.0427. The molecule has 1 saturated heterocycles. The van der Waals surface area contributed by atoms with Gasteiger partial charge in [-0.1, -0.05) is 31.2 Å². The quantitative estimate of drug-likeness (QED) is 0.866. The van der Waals surface area contributed by atoms with E-state index in [0.717, 1.165) is 44.3 Å². The largest absolute Gasteiger partial charge is 0.390 e. The van der Waals surface area contributed by atoms with E-state index in [-0.39, 0.29) is 11.8 Å². The molecule has 0 bridgehead atoms. The predicted octanol–water partition coefficient (Wildman–Crippen LogP) is 3.06. The van der Waals surface area contributed by atoms with Gasteiger partial charge in [-0.05, 0) is 51.6 Å². The van der Waals surface area contributed by atoms with Crippen LogP contribution >= 0.6 is 0 Å². The number of carbonyl (C=O) groups is 1. The first kappa shape index (κ1) is 16.2. The van der Waals surface area contributed by atoms with Gasteiger partial charge in [0.2, 0.25) is 0 Å². The molecule has 0 aliphatic carbocycles. The van der Waals surface area contributed by atoms with Crippen LogP contribution in [0, 0.1) is 0 Å². The highest BCUT2D eigenvalue weighted by atomic mass is 16.3. The normalized spacial score (nSPS) is 25.3. The average Bonchev–Trinajstić information content (AvgIpc) is 2.66. The van der Waals surface area contributed by atoms with E-state index in [1.807, 2.05) is 38.1 Å². The van der Waals surface area contributed by atoms with Gasteiger partial charge < -0.3 is 5.11 Å². The van der Waals surface area contributed by atoms with E-state index in [1.165, 1.54) is 5.56 Å². The van der Waals surface area contributed by atoms with Crippen LogP contribution in [0.5, 0.6) is 0 Å². The average molecular weight is 289 g/mol. The summed E-state index contributed by atoms with van der Waals surface area (Å²) >= 11 is 0. The molecule has 1 aliphatic heterocycles. The molecule has 2 atom stereocenters. The highest BCUT2D eigenvalue weighted by molar-refractivity contribution is 5.99. The van der Waals surface area contributed by atoms with Crippen molar-refractivity contribution in [2.75, 3.05) is 13.1 Å². The number of carbonyl (C=O) groups excluding carboxylic acids is 1. The third kappa shape index (κ3) is 4.14. The summed E-state index contributed by atoms with van der Waals surface area (Å²) in [6, 6.07) is 7.82. The first-order chi connectivity index (χ1) is 9.93. The molecule has 1 fully saturated rings. The monoisotopic (exact) mass is 289 g/mol. The lowest BCUT2D eigenvalue weighted by atomic mass is 9.98. The second-order valence-electron chi connectivity index (χ2n) is 6.48. The number of ketones is 1. The van der Waals surface area contributed by atoms with E-state index in [9.17, 15) is 9.90 Å². The fourth-order valence-electron chi connectivity index (χ4n) is 2.98. The Balaban J connectivity index is 2.04. The number of benzene rings is 1. The first-order valence-electron chi connectivity index (χ1n) is 8.02. The summed E-state index contributed by atoms with van der Waals surface area (Å²) in [5, 5.41) is 10.2. The summed E-state index contributed by atoms with van der Waals surface area (Å²) in [5.74, 6) is 0.180. The van der Waals surface area contributed by atoms with Gasteiger partial charge in [0.1, 0.15) is 0 Å². The summed E-state index contributed by atoms with van der Waals surface area (Å²) in [5.41, 5.74) is 1.46. The van der Waals surface area contributed by atoms with Crippen molar-refractivity contribution in [1.82, 2.24) is 4.90 Å². The molecule has 21 heavy (non-hydrogen) atoms. The molecule has 1 aromatic rings. The van der Waals surface area contributed by atoms with Crippen molar-refractivity contribution < 1.29 is 9.90 Å². The number of Topliss-reactive ketones (excluding diaryl/α,β-unsaturated/α-hetero) is 1. The van der Waals surface area contributed by atoms with Crippen LogP contribution in [-0.2, 0) is 6.42 Å². The van der Waals surface area contributed by atoms with E-state index >= 15 is 0 Å². The molecule has 3 nitrogen and oxygen atoms in total. The Hall–Kier alpha value is -1.19. The van der Waals surface area contributed by atoms with Crippen molar-refractivity contribution in [3.8, 4) is 0 Å². The minimum atomic E-state index is -0.583. The molecule has 0 saturated carbocycles. The molecule has 1 heterocycles. The molecule has 2 unspecified atom stereocenters. The highest BCUT2D eigenvalue weighted by Crippen LogP contribution is 2.23. The summed E-state index contributed by atoms with van der Waals surface area (Å²) in [6.45, 7) is 7.66. The van der Waals surface area contributed by atoms with Crippen LogP contribution in [-0.4, -0.2) is 40.5 Å². The number of hydrogen-bond acceptors (Lipinski definition) is 3. The van der Waals surface area contributed by atoms with E-state index in [4.69, 9.17) is 0 Å².